The predicted octanol–water partition coefficient (Wildman–Crippen LogP) is 1.65. The van der Waals surface area contributed by atoms with E-state index in [1.165, 1.54) is 0 Å². The average Bonchev–Trinajstić information content (AvgIpc) is 2.13. The van der Waals surface area contributed by atoms with Gasteiger partial charge in [-0.3, -0.25) is 4.79 Å². The van der Waals surface area contributed by atoms with Crippen LogP contribution in [-0.2, 0) is 13.0 Å². The van der Waals surface area contributed by atoms with Crippen molar-refractivity contribution in [2.24, 2.45) is 5.92 Å². The maximum absolute atomic E-state index is 11.7. The maximum atomic E-state index is 11.7. The van der Waals surface area contributed by atoms with Crippen LogP contribution in [0.1, 0.15) is 26.5 Å². The molecule has 78 valence electrons. The van der Waals surface area contributed by atoms with Crippen LogP contribution in [0.25, 0.3) is 0 Å². The minimum Gasteiger partial charge on any atom is -0.394 e. The highest BCUT2D eigenvalue weighted by Crippen LogP contribution is 2.05. The number of rotatable bonds is 3. The van der Waals surface area contributed by atoms with Crippen LogP contribution in [0, 0.1) is 5.92 Å². The van der Waals surface area contributed by atoms with Crippen molar-refractivity contribution >= 4 is 5.69 Å². The summed E-state index contributed by atoms with van der Waals surface area (Å²) in [6.07, 6.45) is 0.863. The molecule has 14 heavy (non-hydrogen) atoms. The van der Waals surface area contributed by atoms with E-state index in [0.29, 0.717) is 11.6 Å². The summed E-state index contributed by atoms with van der Waals surface area (Å²) >= 11 is 0. The number of nitrogens with zero attached hydrogens (tertiary/aromatic N) is 1. The first kappa shape index (κ1) is 10.8. The lowest BCUT2D eigenvalue weighted by molar-refractivity contribution is 0.498. The van der Waals surface area contributed by atoms with Crippen molar-refractivity contribution in [1.82, 2.24) is 4.57 Å². The number of pyridine rings is 1. The maximum Gasteiger partial charge on any atom is 0.273 e. The van der Waals surface area contributed by atoms with Crippen LogP contribution < -0.4 is 11.3 Å². The van der Waals surface area contributed by atoms with Gasteiger partial charge < -0.3 is 10.3 Å². The lowest BCUT2D eigenvalue weighted by Crippen LogP contribution is -2.27. The fourth-order valence-electron chi connectivity index (χ4n) is 1.51. The summed E-state index contributed by atoms with van der Waals surface area (Å²) in [5.74, 6) is 0.458. The van der Waals surface area contributed by atoms with Crippen molar-refractivity contribution in [3.05, 3.63) is 28.2 Å². The van der Waals surface area contributed by atoms with E-state index in [9.17, 15) is 4.79 Å². The Bertz CT molecular complexity index is 366. The topological polar surface area (TPSA) is 48.0 Å². The molecule has 0 amide bonds. The zero-order chi connectivity index (χ0) is 10.7. The Morgan fingerprint density at radius 2 is 2.07 bits per heavy atom. The van der Waals surface area contributed by atoms with Gasteiger partial charge in [0.15, 0.2) is 0 Å². The molecular weight excluding hydrogens is 176 g/mol. The Balaban J connectivity index is 3.21. The third-order valence-corrected chi connectivity index (χ3v) is 2.20. The Labute approximate surface area is 84.6 Å². The fourth-order valence-corrected chi connectivity index (χ4v) is 1.51. The molecule has 2 N–H and O–H groups in total. The highest BCUT2D eigenvalue weighted by Gasteiger charge is 2.06. The second kappa shape index (κ2) is 4.31. The third kappa shape index (κ3) is 2.16. The zero-order valence-corrected chi connectivity index (χ0v) is 9.08. The fraction of sp³-hybridized carbons (Fsp3) is 0.545. The van der Waals surface area contributed by atoms with E-state index in [4.69, 9.17) is 5.73 Å². The molecule has 1 aromatic heterocycles. The van der Waals surface area contributed by atoms with Crippen LogP contribution in [0.5, 0.6) is 0 Å². The van der Waals surface area contributed by atoms with E-state index in [1.807, 2.05) is 13.0 Å². The van der Waals surface area contributed by atoms with Crippen molar-refractivity contribution in [3.8, 4) is 0 Å². The van der Waals surface area contributed by atoms with Crippen molar-refractivity contribution in [1.29, 1.82) is 0 Å². The Morgan fingerprint density at radius 1 is 1.43 bits per heavy atom. The SMILES string of the molecule is CCc1ccc(N)c(=O)n1CC(C)C. The first-order valence-electron chi connectivity index (χ1n) is 5.04. The van der Waals surface area contributed by atoms with Gasteiger partial charge in [0, 0.05) is 12.2 Å². The molecule has 0 saturated carbocycles. The van der Waals surface area contributed by atoms with Crippen LogP contribution in [0.15, 0.2) is 16.9 Å². The smallest absolute Gasteiger partial charge is 0.273 e. The minimum absolute atomic E-state index is 0.0574. The number of hydrogen-bond donors (Lipinski definition) is 1. The molecule has 0 atom stereocenters. The first-order chi connectivity index (χ1) is 6.56. The van der Waals surface area contributed by atoms with Crippen LogP contribution >= 0.6 is 0 Å². The van der Waals surface area contributed by atoms with E-state index in [-0.39, 0.29) is 5.56 Å². The van der Waals surface area contributed by atoms with Gasteiger partial charge >= 0.3 is 0 Å². The van der Waals surface area contributed by atoms with Gasteiger partial charge in [-0.2, -0.15) is 0 Å². The summed E-state index contributed by atoms with van der Waals surface area (Å²) in [5, 5.41) is 0. The monoisotopic (exact) mass is 194 g/mol. The molecule has 0 aliphatic heterocycles. The number of nitrogen functional groups attached to an aromatic ring is 1. The molecule has 0 spiro atoms. The minimum atomic E-state index is -0.0574. The molecule has 0 unspecified atom stereocenters. The third-order valence-electron chi connectivity index (χ3n) is 2.20. The summed E-state index contributed by atoms with van der Waals surface area (Å²) in [6.45, 7) is 6.97. The zero-order valence-electron chi connectivity index (χ0n) is 9.08. The molecule has 1 rings (SSSR count). The number of aryl methyl sites for hydroxylation is 1. The van der Waals surface area contributed by atoms with Gasteiger partial charge in [-0.15, -0.1) is 0 Å². The molecule has 0 saturated heterocycles. The quantitative estimate of drug-likeness (QED) is 0.795. The largest absolute Gasteiger partial charge is 0.394 e. The van der Waals surface area contributed by atoms with E-state index in [2.05, 4.69) is 13.8 Å². The summed E-state index contributed by atoms with van der Waals surface area (Å²) in [6, 6.07) is 3.62. The molecular formula is C11H18N2O. The summed E-state index contributed by atoms with van der Waals surface area (Å²) in [4.78, 5) is 11.7. The molecule has 0 aromatic carbocycles. The summed E-state index contributed by atoms with van der Waals surface area (Å²) < 4.78 is 1.78. The molecule has 0 bridgehead atoms. The van der Waals surface area contributed by atoms with Gasteiger partial charge in [-0.1, -0.05) is 20.8 Å². The van der Waals surface area contributed by atoms with Gasteiger partial charge in [0.2, 0.25) is 0 Å². The number of hydrogen-bond acceptors (Lipinski definition) is 2. The van der Waals surface area contributed by atoms with E-state index in [0.717, 1.165) is 18.7 Å². The molecule has 3 heteroatoms. The van der Waals surface area contributed by atoms with Gasteiger partial charge in [0.1, 0.15) is 0 Å². The molecule has 0 fully saturated rings. The van der Waals surface area contributed by atoms with E-state index in [1.54, 1.807) is 10.6 Å². The van der Waals surface area contributed by atoms with Crippen LogP contribution in [0.4, 0.5) is 5.69 Å². The second-order valence-electron chi connectivity index (χ2n) is 3.94. The highest BCUT2D eigenvalue weighted by atomic mass is 16.1. The van der Waals surface area contributed by atoms with E-state index >= 15 is 0 Å². The van der Waals surface area contributed by atoms with Gasteiger partial charge in [-0.05, 0) is 24.5 Å². The molecule has 1 heterocycles. The molecule has 0 radical (unpaired) electrons. The summed E-state index contributed by atoms with van der Waals surface area (Å²) in [7, 11) is 0. The summed E-state index contributed by atoms with van der Waals surface area (Å²) in [5.41, 5.74) is 6.92. The predicted molar refractivity (Wildman–Crippen MR) is 59.3 cm³/mol. The lowest BCUT2D eigenvalue weighted by Gasteiger charge is -2.14. The van der Waals surface area contributed by atoms with Crippen molar-refractivity contribution in [2.75, 3.05) is 5.73 Å². The van der Waals surface area contributed by atoms with Crippen LogP contribution in [0.2, 0.25) is 0 Å². The van der Waals surface area contributed by atoms with E-state index < -0.39 is 0 Å². The Morgan fingerprint density at radius 3 is 2.57 bits per heavy atom. The molecule has 3 nitrogen and oxygen atoms in total. The second-order valence-corrected chi connectivity index (χ2v) is 3.94. The van der Waals surface area contributed by atoms with Gasteiger partial charge in [-0.25, -0.2) is 0 Å². The van der Waals surface area contributed by atoms with Crippen LogP contribution in [0.3, 0.4) is 0 Å². The average molecular weight is 194 g/mol. The lowest BCUT2D eigenvalue weighted by atomic mass is 10.2. The normalized spacial score (nSPS) is 10.9. The number of nitrogens with two attached hydrogens (primary N) is 1. The van der Waals surface area contributed by atoms with Crippen molar-refractivity contribution < 1.29 is 0 Å². The molecule has 1 aromatic rings. The Hall–Kier alpha value is -1.25. The van der Waals surface area contributed by atoms with Crippen LogP contribution in [-0.4, -0.2) is 4.57 Å². The number of aromatic nitrogens is 1. The Kier molecular flexibility index (Phi) is 3.33. The molecule has 0 aliphatic rings. The van der Waals surface area contributed by atoms with Crippen molar-refractivity contribution in [2.45, 2.75) is 33.7 Å². The number of anilines is 1. The van der Waals surface area contributed by atoms with Gasteiger partial charge in [0.25, 0.3) is 5.56 Å². The first-order valence-corrected chi connectivity index (χ1v) is 5.04. The van der Waals surface area contributed by atoms with Gasteiger partial charge in [0.05, 0.1) is 5.69 Å². The van der Waals surface area contributed by atoms with Crippen molar-refractivity contribution in [3.63, 3.8) is 0 Å². The highest BCUT2D eigenvalue weighted by molar-refractivity contribution is 5.35. The standard InChI is InChI=1S/C11H18N2O/c1-4-9-5-6-10(12)11(14)13(9)7-8(2)3/h5-6,8H,4,7,12H2,1-3H3. The molecule has 0 aliphatic carbocycles.